The largest absolute Gasteiger partial charge is 0.301 e. The van der Waals surface area contributed by atoms with Gasteiger partial charge in [-0.15, -0.1) is 0 Å². The van der Waals surface area contributed by atoms with Crippen molar-refractivity contribution in [2.45, 2.75) is 40.2 Å². The van der Waals surface area contributed by atoms with Crippen LogP contribution in [-0.2, 0) is 0 Å². The van der Waals surface area contributed by atoms with Crippen LogP contribution in [0.2, 0.25) is 0 Å². The first-order valence-corrected chi connectivity index (χ1v) is 6.23. The molecule has 0 aromatic heterocycles. The molecule has 0 aliphatic carbocycles. The van der Waals surface area contributed by atoms with Gasteiger partial charge in [0.2, 0.25) is 0 Å². The minimum absolute atomic E-state index is 0.763. The van der Waals surface area contributed by atoms with Gasteiger partial charge in [-0.1, -0.05) is 20.8 Å². The lowest BCUT2D eigenvalue weighted by molar-refractivity contribution is 0.227. The van der Waals surface area contributed by atoms with Crippen LogP contribution >= 0.6 is 11.8 Å². The van der Waals surface area contributed by atoms with E-state index in [2.05, 4.69) is 32.6 Å². The molecule has 0 aliphatic rings. The monoisotopic (exact) mass is 189 g/mol. The van der Waals surface area contributed by atoms with Gasteiger partial charge >= 0.3 is 0 Å². The van der Waals surface area contributed by atoms with Gasteiger partial charge in [0.05, 0.1) is 0 Å². The maximum Gasteiger partial charge on any atom is 0.00745 e. The van der Waals surface area contributed by atoms with E-state index in [0.717, 1.165) is 6.04 Å². The van der Waals surface area contributed by atoms with Crippen LogP contribution < -0.4 is 0 Å². The molecule has 1 unspecified atom stereocenters. The molecule has 2 heteroatoms. The van der Waals surface area contributed by atoms with Gasteiger partial charge in [-0.2, -0.15) is 11.8 Å². The summed E-state index contributed by atoms with van der Waals surface area (Å²) in [6, 6.07) is 0.763. The Morgan fingerprint density at radius 1 is 1.17 bits per heavy atom. The Bertz CT molecular complexity index is 91.8. The lowest BCUT2D eigenvalue weighted by Crippen LogP contribution is -2.33. The number of hydrogen-bond donors (Lipinski definition) is 0. The van der Waals surface area contributed by atoms with Crippen molar-refractivity contribution in [3.63, 3.8) is 0 Å². The zero-order chi connectivity index (χ0) is 9.40. The first kappa shape index (κ1) is 12.3. The predicted molar refractivity (Wildman–Crippen MR) is 60.0 cm³/mol. The van der Waals surface area contributed by atoms with Crippen LogP contribution in [0.25, 0.3) is 0 Å². The fraction of sp³-hybridized carbons (Fsp3) is 1.00. The second kappa shape index (κ2) is 7.93. The number of nitrogens with zero attached hydrogens (tertiary/aromatic N) is 1. The highest BCUT2D eigenvalue weighted by molar-refractivity contribution is 7.99. The Hall–Kier alpha value is 0.310. The molecule has 0 saturated heterocycles. The fourth-order valence-electron chi connectivity index (χ4n) is 1.43. The summed E-state index contributed by atoms with van der Waals surface area (Å²) < 4.78 is 0. The van der Waals surface area contributed by atoms with E-state index in [1.807, 2.05) is 11.8 Å². The van der Waals surface area contributed by atoms with Crippen molar-refractivity contribution in [1.82, 2.24) is 4.90 Å². The highest BCUT2D eigenvalue weighted by Crippen LogP contribution is 2.08. The van der Waals surface area contributed by atoms with Gasteiger partial charge in [0.15, 0.2) is 0 Å². The van der Waals surface area contributed by atoms with Crippen LogP contribution in [0, 0.1) is 0 Å². The van der Waals surface area contributed by atoms with E-state index in [4.69, 9.17) is 0 Å². The standard InChI is InChI=1S/C10H23NS/c1-5-11(6-2)10(4)8-9-12-7-3/h10H,5-9H2,1-4H3. The second-order valence-electron chi connectivity index (χ2n) is 3.06. The summed E-state index contributed by atoms with van der Waals surface area (Å²) in [5.74, 6) is 2.57. The third kappa shape index (κ3) is 5.04. The molecule has 12 heavy (non-hydrogen) atoms. The van der Waals surface area contributed by atoms with Crippen LogP contribution in [0.4, 0.5) is 0 Å². The van der Waals surface area contributed by atoms with Gasteiger partial charge in [0.25, 0.3) is 0 Å². The average Bonchev–Trinajstić information content (AvgIpc) is 2.07. The van der Waals surface area contributed by atoms with Crippen LogP contribution in [-0.4, -0.2) is 35.5 Å². The Kier molecular flexibility index (Phi) is 8.14. The topological polar surface area (TPSA) is 3.24 Å². The van der Waals surface area contributed by atoms with Crippen molar-refractivity contribution >= 4 is 11.8 Å². The van der Waals surface area contributed by atoms with E-state index in [1.54, 1.807) is 0 Å². The summed E-state index contributed by atoms with van der Waals surface area (Å²) in [6.07, 6.45) is 1.33. The zero-order valence-corrected chi connectivity index (χ0v) is 9.78. The molecule has 0 amide bonds. The minimum atomic E-state index is 0.763. The average molecular weight is 189 g/mol. The van der Waals surface area contributed by atoms with Gasteiger partial charge in [0.1, 0.15) is 0 Å². The summed E-state index contributed by atoms with van der Waals surface area (Å²) in [4.78, 5) is 2.52. The van der Waals surface area contributed by atoms with E-state index in [9.17, 15) is 0 Å². The van der Waals surface area contributed by atoms with E-state index < -0.39 is 0 Å². The molecule has 0 saturated carbocycles. The van der Waals surface area contributed by atoms with Crippen molar-refractivity contribution in [1.29, 1.82) is 0 Å². The van der Waals surface area contributed by atoms with Gasteiger partial charge in [0, 0.05) is 6.04 Å². The molecule has 0 aromatic rings. The lowest BCUT2D eigenvalue weighted by Gasteiger charge is -2.26. The molecule has 0 aromatic carbocycles. The van der Waals surface area contributed by atoms with Gasteiger partial charge < -0.3 is 4.90 Å². The molecule has 0 bridgehead atoms. The summed E-state index contributed by atoms with van der Waals surface area (Å²) in [5.41, 5.74) is 0. The first-order valence-electron chi connectivity index (χ1n) is 5.07. The van der Waals surface area contributed by atoms with E-state index in [-0.39, 0.29) is 0 Å². The Morgan fingerprint density at radius 2 is 1.75 bits per heavy atom. The molecule has 0 heterocycles. The molecule has 0 aliphatic heterocycles. The molecule has 0 N–H and O–H groups in total. The molecule has 1 nitrogen and oxygen atoms in total. The number of rotatable bonds is 7. The second-order valence-corrected chi connectivity index (χ2v) is 4.45. The molecule has 0 spiro atoms. The molecule has 0 rings (SSSR count). The molecule has 0 radical (unpaired) electrons. The molecule has 74 valence electrons. The Balaban J connectivity index is 3.47. The maximum absolute atomic E-state index is 2.52. The van der Waals surface area contributed by atoms with Crippen molar-refractivity contribution in [2.24, 2.45) is 0 Å². The SMILES string of the molecule is CCSCCC(C)N(CC)CC. The van der Waals surface area contributed by atoms with E-state index >= 15 is 0 Å². The fourth-order valence-corrected chi connectivity index (χ4v) is 2.22. The third-order valence-corrected chi connectivity index (χ3v) is 3.25. The third-order valence-electron chi connectivity index (χ3n) is 2.32. The predicted octanol–water partition coefficient (Wildman–Crippen LogP) is 2.86. The van der Waals surface area contributed by atoms with E-state index in [0.29, 0.717) is 0 Å². The van der Waals surface area contributed by atoms with Crippen LogP contribution in [0.1, 0.15) is 34.1 Å². The van der Waals surface area contributed by atoms with Gasteiger partial charge in [-0.3, -0.25) is 0 Å². The van der Waals surface area contributed by atoms with Gasteiger partial charge in [-0.25, -0.2) is 0 Å². The lowest BCUT2D eigenvalue weighted by atomic mass is 10.2. The van der Waals surface area contributed by atoms with Crippen LogP contribution in [0.15, 0.2) is 0 Å². The van der Waals surface area contributed by atoms with Crippen molar-refractivity contribution in [3.8, 4) is 0 Å². The number of hydrogen-bond acceptors (Lipinski definition) is 2. The highest BCUT2D eigenvalue weighted by Gasteiger charge is 2.08. The highest BCUT2D eigenvalue weighted by atomic mass is 32.2. The molecule has 0 fully saturated rings. The first-order chi connectivity index (χ1) is 5.76. The van der Waals surface area contributed by atoms with Crippen molar-refractivity contribution in [2.75, 3.05) is 24.6 Å². The molecular weight excluding hydrogens is 166 g/mol. The maximum atomic E-state index is 2.52. The van der Waals surface area contributed by atoms with E-state index in [1.165, 1.54) is 31.0 Å². The zero-order valence-electron chi connectivity index (χ0n) is 8.97. The van der Waals surface area contributed by atoms with Crippen LogP contribution in [0.5, 0.6) is 0 Å². The normalized spacial score (nSPS) is 13.8. The Labute approximate surface area is 81.9 Å². The smallest absolute Gasteiger partial charge is 0.00745 e. The summed E-state index contributed by atoms with van der Waals surface area (Å²) in [5, 5.41) is 0. The minimum Gasteiger partial charge on any atom is -0.301 e. The summed E-state index contributed by atoms with van der Waals surface area (Å²) in [7, 11) is 0. The molecule has 1 atom stereocenters. The summed E-state index contributed by atoms with van der Waals surface area (Å²) in [6.45, 7) is 11.4. The van der Waals surface area contributed by atoms with Crippen molar-refractivity contribution in [3.05, 3.63) is 0 Å². The van der Waals surface area contributed by atoms with Gasteiger partial charge in [-0.05, 0) is 37.9 Å². The Morgan fingerprint density at radius 3 is 2.17 bits per heavy atom. The van der Waals surface area contributed by atoms with Crippen molar-refractivity contribution < 1.29 is 0 Å². The quantitative estimate of drug-likeness (QED) is 0.567. The molecular formula is C10H23NS. The van der Waals surface area contributed by atoms with Crippen LogP contribution in [0.3, 0.4) is 0 Å². The number of thioether (sulfide) groups is 1. The summed E-state index contributed by atoms with van der Waals surface area (Å²) >= 11 is 2.05.